The zero-order valence-electron chi connectivity index (χ0n) is 11.2. The monoisotopic (exact) mass is 305 g/mol. The van der Waals surface area contributed by atoms with Gasteiger partial charge in [-0.05, 0) is 18.6 Å². The second-order valence-electron chi connectivity index (χ2n) is 4.18. The lowest BCUT2D eigenvalue weighted by Gasteiger charge is -2.09. The maximum absolute atomic E-state index is 12.0. The molecule has 1 amide bonds. The molecule has 0 aliphatic carbocycles. The lowest BCUT2D eigenvalue weighted by molar-refractivity contribution is -0.384. The molecule has 0 spiro atoms. The summed E-state index contributed by atoms with van der Waals surface area (Å²) in [5, 5.41) is 15.8. The molecular weight excluding hydrogens is 291 g/mol. The quantitative estimate of drug-likeness (QED) is 0.481. The van der Waals surface area contributed by atoms with Gasteiger partial charge in [-0.2, -0.15) is 13.2 Å². The van der Waals surface area contributed by atoms with Crippen LogP contribution in [0.15, 0.2) is 18.2 Å². The Bertz CT molecular complexity index is 532. The van der Waals surface area contributed by atoms with E-state index >= 15 is 0 Å². The smallest absolute Gasteiger partial charge is 0.383 e. The molecule has 0 aromatic heterocycles. The third-order valence-electron chi connectivity index (χ3n) is 2.66. The molecule has 0 aliphatic rings. The first kappa shape index (κ1) is 16.7. The van der Waals surface area contributed by atoms with Crippen LogP contribution in [0.1, 0.15) is 23.2 Å². The molecule has 1 aromatic rings. The standard InChI is InChI=1S/C12H14F3N3O3/c1-16-9-5-2-4-8(10(9)18(20)21)11(19)17-7-3-6-12(13,14)15/h2,4-5,16H,3,6-7H2,1H3,(H,17,19). The van der Waals surface area contributed by atoms with Crippen LogP contribution in [0.25, 0.3) is 0 Å². The number of carbonyl (C=O) groups is 1. The zero-order valence-corrected chi connectivity index (χ0v) is 11.2. The van der Waals surface area contributed by atoms with Crippen LogP contribution in [-0.4, -0.2) is 30.6 Å². The molecule has 0 fully saturated rings. The molecule has 1 aromatic carbocycles. The number of halogens is 3. The van der Waals surface area contributed by atoms with Gasteiger partial charge in [0.2, 0.25) is 0 Å². The van der Waals surface area contributed by atoms with E-state index < -0.39 is 29.1 Å². The number of para-hydroxylation sites is 1. The van der Waals surface area contributed by atoms with Gasteiger partial charge >= 0.3 is 11.9 Å². The molecule has 0 atom stereocenters. The Morgan fingerprint density at radius 2 is 2.05 bits per heavy atom. The highest BCUT2D eigenvalue weighted by molar-refractivity contribution is 6.00. The molecule has 1 rings (SSSR count). The van der Waals surface area contributed by atoms with Gasteiger partial charge in [0, 0.05) is 20.0 Å². The second kappa shape index (κ2) is 6.91. The van der Waals surface area contributed by atoms with Crippen molar-refractivity contribution < 1.29 is 22.9 Å². The van der Waals surface area contributed by atoms with Crippen LogP contribution in [0.2, 0.25) is 0 Å². The number of carbonyl (C=O) groups excluding carboxylic acids is 1. The fraction of sp³-hybridized carbons (Fsp3) is 0.417. The minimum Gasteiger partial charge on any atom is -0.383 e. The zero-order chi connectivity index (χ0) is 16.0. The summed E-state index contributed by atoms with van der Waals surface area (Å²) < 4.78 is 35.9. The molecule has 0 heterocycles. The highest BCUT2D eigenvalue weighted by atomic mass is 19.4. The molecule has 2 N–H and O–H groups in total. The molecule has 0 unspecified atom stereocenters. The first-order chi connectivity index (χ1) is 9.76. The number of hydrogen-bond acceptors (Lipinski definition) is 4. The Kier molecular flexibility index (Phi) is 5.51. The average molecular weight is 305 g/mol. The van der Waals surface area contributed by atoms with Gasteiger partial charge in [-0.1, -0.05) is 6.07 Å². The number of anilines is 1. The molecule has 6 nitrogen and oxygen atoms in total. The molecule has 0 aliphatic heterocycles. The summed E-state index contributed by atoms with van der Waals surface area (Å²) in [5.74, 6) is -0.777. The van der Waals surface area contributed by atoms with Gasteiger partial charge in [-0.15, -0.1) is 0 Å². The third-order valence-corrected chi connectivity index (χ3v) is 2.66. The summed E-state index contributed by atoms with van der Waals surface area (Å²) in [5.41, 5.74) is -0.449. The molecule has 116 valence electrons. The number of benzene rings is 1. The number of nitrogens with zero attached hydrogens (tertiary/aromatic N) is 1. The fourth-order valence-electron chi connectivity index (χ4n) is 1.71. The summed E-state index contributed by atoms with van der Waals surface area (Å²) >= 11 is 0. The first-order valence-electron chi connectivity index (χ1n) is 6.06. The van der Waals surface area contributed by atoms with Crippen molar-refractivity contribution in [3.8, 4) is 0 Å². The number of nitro benzene ring substituents is 1. The van der Waals surface area contributed by atoms with Gasteiger partial charge in [-0.25, -0.2) is 0 Å². The van der Waals surface area contributed by atoms with Gasteiger partial charge in [0.05, 0.1) is 4.92 Å². The largest absolute Gasteiger partial charge is 0.389 e. The first-order valence-corrected chi connectivity index (χ1v) is 6.06. The number of hydrogen-bond donors (Lipinski definition) is 2. The van der Waals surface area contributed by atoms with Crippen LogP contribution in [0.5, 0.6) is 0 Å². The van der Waals surface area contributed by atoms with Crippen LogP contribution >= 0.6 is 0 Å². The molecule has 0 saturated heterocycles. The lowest BCUT2D eigenvalue weighted by Crippen LogP contribution is -2.26. The van der Waals surface area contributed by atoms with Crippen molar-refractivity contribution in [2.24, 2.45) is 0 Å². The van der Waals surface area contributed by atoms with Crippen LogP contribution in [-0.2, 0) is 0 Å². The van der Waals surface area contributed by atoms with Crippen molar-refractivity contribution in [2.75, 3.05) is 18.9 Å². The predicted molar refractivity (Wildman–Crippen MR) is 70.3 cm³/mol. The number of alkyl halides is 3. The van der Waals surface area contributed by atoms with Crippen molar-refractivity contribution in [1.29, 1.82) is 0 Å². The molecule has 0 bridgehead atoms. The second-order valence-corrected chi connectivity index (χ2v) is 4.18. The van der Waals surface area contributed by atoms with Gasteiger partial charge in [0.25, 0.3) is 5.91 Å². The van der Waals surface area contributed by atoms with E-state index in [0.717, 1.165) is 0 Å². The van der Waals surface area contributed by atoms with E-state index in [0.29, 0.717) is 0 Å². The van der Waals surface area contributed by atoms with Crippen molar-refractivity contribution in [3.63, 3.8) is 0 Å². The Balaban J connectivity index is 2.77. The summed E-state index contributed by atoms with van der Waals surface area (Å²) in [7, 11) is 1.47. The van der Waals surface area contributed by atoms with Crippen LogP contribution in [0.3, 0.4) is 0 Å². The molecular formula is C12H14F3N3O3. The predicted octanol–water partition coefficient (Wildman–Crippen LogP) is 2.71. The lowest BCUT2D eigenvalue weighted by atomic mass is 10.1. The Morgan fingerprint density at radius 1 is 1.38 bits per heavy atom. The van der Waals surface area contributed by atoms with Crippen LogP contribution in [0, 0.1) is 10.1 Å². The number of rotatable bonds is 6. The van der Waals surface area contributed by atoms with Gasteiger partial charge in [-0.3, -0.25) is 14.9 Å². The SMILES string of the molecule is CNc1cccc(C(=O)NCCCC(F)(F)F)c1[N+](=O)[O-]. The van der Waals surface area contributed by atoms with E-state index in [9.17, 15) is 28.1 Å². The maximum atomic E-state index is 12.0. The van der Waals surface area contributed by atoms with Crippen molar-refractivity contribution in [3.05, 3.63) is 33.9 Å². The van der Waals surface area contributed by atoms with E-state index in [1.165, 1.54) is 25.2 Å². The Hall–Kier alpha value is -2.32. The Labute approximate surface area is 118 Å². The van der Waals surface area contributed by atoms with E-state index in [-0.39, 0.29) is 24.2 Å². The van der Waals surface area contributed by atoms with Crippen molar-refractivity contribution >= 4 is 17.3 Å². The summed E-state index contributed by atoms with van der Waals surface area (Å²) in [4.78, 5) is 22.1. The minimum atomic E-state index is -4.29. The molecule has 21 heavy (non-hydrogen) atoms. The van der Waals surface area contributed by atoms with Gasteiger partial charge in [0.15, 0.2) is 0 Å². The maximum Gasteiger partial charge on any atom is 0.389 e. The average Bonchev–Trinajstić information content (AvgIpc) is 2.41. The number of nitro groups is 1. The Morgan fingerprint density at radius 3 is 2.57 bits per heavy atom. The topological polar surface area (TPSA) is 84.3 Å². The summed E-state index contributed by atoms with van der Waals surface area (Å²) in [6.07, 6.45) is -5.59. The normalized spacial score (nSPS) is 11.0. The van der Waals surface area contributed by atoms with Gasteiger partial charge in [0.1, 0.15) is 11.3 Å². The molecule has 0 saturated carbocycles. The fourth-order valence-corrected chi connectivity index (χ4v) is 1.71. The summed E-state index contributed by atoms with van der Waals surface area (Å²) in [6, 6.07) is 4.13. The number of amides is 1. The van der Waals surface area contributed by atoms with E-state index in [2.05, 4.69) is 10.6 Å². The van der Waals surface area contributed by atoms with Crippen LogP contribution in [0.4, 0.5) is 24.5 Å². The highest BCUT2D eigenvalue weighted by Crippen LogP contribution is 2.28. The van der Waals surface area contributed by atoms with Crippen molar-refractivity contribution in [1.82, 2.24) is 5.32 Å². The van der Waals surface area contributed by atoms with E-state index in [1.54, 1.807) is 0 Å². The van der Waals surface area contributed by atoms with Crippen molar-refractivity contribution in [2.45, 2.75) is 19.0 Å². The number of nitrogens with one attached hydrogen (secondary N) is 2. The van der Waals surface area contributed by atoms with Crippen LogP contribution < -0.4 is 10.6 Å². The van der Waals surface area contributed by atoms with Gasteiger partial charge < -0.3 is 10.6 Å². The highest BCUT2D eigenvalue weighted by Gasteiger charge is 2.27. The van der Waals surface area contributed by atoms with E-state index in [4.69, 9.17) is 0 Å². The van der Waals surface area contributed by atoms with E-state index in [1.807, 2.05) is 0 Å². The molecule has 0 radical (unpaired) electrons. The minimum absolute atomic E-state index is 0.156. The third kappa shape index (κ3) is 4.93. The summed E-state index contributed by atoms with van der Waals surface area (Å²) in [6.45, 7) is -0.209. The molecule has 9 heteroatoms.